The quantitative estimate of drug-likeness (QED) is 0.670. The summed E-state index contributed by atoms with van der Waals surface area (Å²) in [7, 11) is 1.61. The van der Waals surface area contributed by atoms with Gasteiger partial charge in [-0.2, -0.15) is 0 Å². The van der Waals surface area contributed by atoms with Gasteiger partial charge in [-0.25, -0.2) is 9.82 Å². The Balaban J connectivity index is 1.55. The minimum absolute atomic E-state index is 0.0262. The Hall–Kier alpha value is -0.960. The lowest BCUT2D eigenvalue weighted by Gasteiger charge is -2.43. The Kier molecular flexibility index (Phi) is 6.14. The fourth-order valence-corrected chi connectivity index (χ4v) is 4.33. The molecule has 7 nitrogen and oxygen atoms in total. The largest absolute Gasteiger partial charge is 0.381 e. The number of hydrazine groups is 1. The summed E-state index contributed by atoms with van der Waals surface area (Å²) in [6.45, 7) is 2.63. The minimum atomic E-state index is -0.806. The van der Waals surface area contributed by atoms with Crippen LogP contribution in [0.4, 0.5) is 4.39 Å². The summed E-state index contributed by atoms with van der Waals surface area (Å²) in [5, 5.41) is -0.668. The molecule has 3 rings (SSSR count). The van der Waals surface area contributed by atoms with Crippen LogP contribution in [-0.2, 0) is 14.3 Å². The SMILES string of the molecule is COC1CC(F)CCC1CN1CCN(C2CNNC(=O)C2Cl)CC1=O. The molecule has 0 bridgehead atoms. The summed E-state index contributed by atoms with van der Waals surface area (Å²) in [4.78, 5) is 28.1. The molecule has 2 aliphatic heterocycles. The lowest BCUT2D eigenvalue weighted by molar-refractivity contribution is -0.140. The van der Waals surface area contributed by atoms with Gasteiger partial charge < -0.3 is 9.64 Å². The maximum absolute atomic E-state index is 13.6. The molecule has 0 aromatic carbocycles. The van der Waals surface area contributed by atoms with Crippen LogP contribution in [0.15, 0.2) is 0 Å². The molecule has 2 saturated heterocycles. The van der Waals surface area contributed by atoms with Gasteiger partial charge in [-0.1, -0.05) is 0 Å². The van der Waals surface area contributed by atoms with Crippen LogP contribution in [0.3, 0.4) is 0 Å². The third kappa shape index (κ3) is 4.24. The molecule has 2 amide bonds. The highest BCUT2D eigenvalue weighted by Gasteiger charge is 2.39. The molecule has 9 heteroatoms. The predicted molar refractivity (Wildman–Crippen MR) is 90.8 cm³/mol. The van der Waals surface area contributed by atoms with E-state index in [1.54, 1.807) is 7.11 Å². The van der Waals surface area contributed by atoms with Gasteiger partial charge in [0, 0.05) is 51.7 Å². The molecule has 0 spiro atoms. The minimum Gasteiger partial charge on any atom is -0.381 e. The maximum Gasteiger partial charge on any atom is 0.253 e. The van der Waals surface area contributed by atoms with Crippen molar-refractivity contribution in [2.24, 2.45) is 5.92 Å². The van der Waals surface area contributed by atoms with Crippen LogP contribution < -0.4 is 10.9 Å². The van der Waals surface area contributed by atoms with Crippen molar-refractivity contribution >= 4 is 23.4 Å². The van der Waals surface area contributed by atoms with Gasteiger partial charge in [-0.15, -0.1) is 11.6 Å². The zero-order valence-corrected chi connectivity index (χ0v) is 15.2. The van der Waals surface area contributed by atoms with Gasteiger partial charge in [0.05, 0.1) is 12.6 Å². The Morgan fingerprint density at radius 1 is 1.32 bits per heavy atom. The molecule has 3 aliphatic rings. The first-order chi connectivity index (χ1) is 12.0. The highest BCUT2D eigenvalue weighted by Crippen LogP contribution is 2.30. The number of amides is 2. The first-order valence-electron chi connectivity index (χ1n) is 8.85. The van der Waals surface area contributed by atoms with E-state index in [0.29, 0.717) is 39.0 Å². The Labute approximate surface area is 152 Å². The van der Waals surface area contributed by atoms with Gasteiger partial charge in [0.1, 0.15) is 11.5 Å². The van der Waals surface area contributed by atoms with Gasteiger partial charge in [-0.3, -0.25) is 19.9 Å². The third-order valence-electron chi connectivity index (χ3n) is 5.55. The van der Waals surface area contributed by atoms with Crippen LogP contribution in [0, 0.1) is 5.92 Å². The highest BCUT2D eigenvalue weighted by atomic mass is 35.5. The summed E-state index contributed by atoms with van der Waals surface area (Å²) < 4.78 is 19.0. The summed E-state index contributed by atoms with van der Waals surface area (Å²) >= 11 is 6.19. The number of nitrogens with one attached hydrogen (secondary N) is 2. The van der Waals surface area contributed by atoms with E-state index in [1.165, 1.54) is 0 Å². The number of hydrogen-bond acceptors (Lipinski definition) is 5. The van der Waals surface area contributed by atoms with Crippen LogP contribution in [0.5, 0.6) is 0 Å². The highest BCUT2D eigenvalue weighted by molar-refractivity contribution is 6.31. The number of alkyl halides is 2. The predicted octanol–water partition coefficient (Wildman–Crippen LogP) is -0.106. The zero-order chi connectivity index (χ0) is 18.0. The van der Waals surface area contributed by atoms with Crippen LogP contribution in [0.1, 0.15) is 19.3 Å². The van der Waals surface area contributed by atoms with Gasteiger partial charge in [0.2, 0.25) is 5.91 Å². The van der Waals surface area contributed by atoms with E-state index in [1.807, 2.05) is 9.80 Å². The molecular formula is C16H26ClFN4O3. The van der Waals surface area contributed by atoms with Gasteiger partial charge in [-0.05, 0) is 12.8 Å². The molecular weight excluding hydrogens is 351 g/mol. The van der Waals surface area contributed by atoms with Crippen molar-refractivity contribution in [2.45, 2.75) is 43.0 Å². The normalized spacial score (nSPS) is 37.9. The number of ether oxygens (including phenoxy) is 1. The Bertz CT molecular complexity index is 512. The van der Waals surface area contributed by atoms with Crippen LogP contribution in [0.25, 0.3) is 0 Å². The standard InChI is InChI=1S/C16H26ClFN4O3/c1-25-13-6-11(18)3-2-10(13)8-22-5-4-21(9-14(22)23)12-7-19-20-16(24)15(12)17/h10-13,15,19H,2-9H2,1H3,(H,20,24). The number of rotatable bonds is 4. The summed E-state index contributed by atoms with van der Waals surface area (Å²) in [5.74, 6) is -0.0626. The van der Waals surface area contributed by atoms with Gasteiger partial charge >= 0.3 is 0 Å². The Morgan fingerprint density at radius 2 is 2.12 bits per heavy atom. The molecule has 5 unspecified atom stereocenters. The second-order valence-corrected chi connectivity index (χ2v) is 7.56. The monoisotopic (exact) mass is 376 g/mol. The van der Waals surface area contributed by atoms with Crippen molar-refractivity contribution < 1.29 is 18.7 Å². The van der Waals surface area contributed by atoms with E-state index < -0.39 is 11.5 Å². The van der Waals surface area contributed by atoms with Crippen molar-refractivity contribution in [3.8, 4) is 0 Å². The topological polar surface area (TPSA) is 73.9 Å². The van der Waals surface area contributed by atoms with Crippen molar-refractivity contribution in [3.63, 3.8) is 0 Å². The first kappa shape index (κ1) is 18.8. The maximum atomic E-state index is 13.6. The van der Waals surface area contributed by atoms with E-state index in [9.17, 15) is 14.0 Å². The number of hydrogen-bond donors (Lipinski definition) is 2. The number of carbonyl (C=O) groups excluding carboxylic acids is 2. The molecule has 0 radical (unpaired) electrons. The molecule has 2 heterocycles. The average molecular weight is 377 g/mol. The van der Waals surface area contributed by atoms with Crippen molar-refractivity contribution in [1.29, 1.82) is 0 Å². The summed E-state index contributed by atoms with van der Waals surface area (Å²) in [6.07, 6.45) is 0.748. The first-order valence-corrected chi connectivity index (χ1v) is 9.28. The van der Waals surface area contributed by atoms with Crippen molar-refractivity contribution in [3.05, 3.63) is 0 Å². The number of halogens is 2. The molecule has 1 aliphatic carbocycles. The number of carbonyl (C=O) groups is 2. The average Bonchev–Trinajstić information content (AvgIpc) is 2.60. The van der Waals surface area contributed by atoms with Gasteiger partial charge in [0.25, 0.3) is 5.91 Å². The van der Waals surface area contributed by atoms with Crippen LogP contribution in [-0.4, -0.2) is 85.1 Å². The third-order valence-corrected chi connectivity index (χ3v) is 6.04. The molecule has 1 saturated carbocycles. The fraction of sp³-hybridized carbons (Fsp3) is 0.875. The van der Waals surface area contributed by atoms with E-state index in [-0.39, 0.29) is 36.4 Å². The van der Waals surface area contributed by atoms with Crippen LogP contribution in [0.2, 0.25) is 0 Å². The zero-order valence-electron chi connectivity index (χ0n) is 14.4. The molecule has 2 N–H and O–H groups in total. The van der Waals surface area contributed by atoms with Crippen molar-refractivity contribution in [1.82, 2.24) is 20.7 Å². The number of piperazine rings is 1. The molecule has 25 heavy (non-hydrogen) atoms. The molecule has 142 valence electrons. The van der Waals surface area contributed by atoms with E-state index in [0.717, 1.165) is 6.42 Å². The molecule has 5 atom stereocenters. The number of methoxy groups -OCH3 is 1. The number of nitrogens with zero attached hydrogens (tertiary/aromatic N) is 2. The van der Waals surface area contributed by atoms with Crippen molar-refractivity contribution in [2.75, 3.05) is 39.8 Å². The van der Waals surface area contributed by atoms with Gasteiger partial charge in [0.15, 0.2) is 0 Å². The lowest BCUT2D eigenvalue weighted by atomic mass is 9.84. The fourth-order valence-electron chi connectivity index (χ4n) is 4.03. The summed E-state index contributed by atoms with van der Waals surface area (Å²) in [5.41, 5.74) is 5.32. The Morgan fingerprint density at radius 3 is 2.84 bits per heavy atom. The van der Waals surface area contributed by atoms with E-state index in [2.05, 4.69) is 10.9 Å². The summed E-state index contributed by atoms with van der Waals surface area (Å²) in [6, 6.07) is -0.199. The second kappa shape index (κ2) is 8.16. The van der Waals surface area contributed by atoms with E-state index >= 15 is 0 Å². The second-order valence-electron chi connectivity index (χ2n) is 7.09. The van der Waals surface area contributed by atoms with E-state index in [4.69, 9.17) is 16.3 Å². The smallest absolute Gasteiger partial charge is 0.253 e. The molecule has 0 aromatic heterocycles. The molecule has 3 fully saturated rings. The van der Waals surface area contributed by atoms with Crippen LogP contribution >= 0.6 is 11.6 Å². The lowest BCUT2D eigenvalue weighted by Crippen LogP contribution is -2.65. The molecule has 0 aromatic rings.